The SMILES string of the molecule is C=CCN(Cc1cccs1)C(=O)CCn1cnc2ccc(Br)cc2c1=O. The third-order valence-electron chi connectivity index (χ3n) is 3.98. The quantitative estimate of drug-likeness (QED) is 0.534. The van der Waals surface area contributed by atoms with Crippen LogP contribution in [0.15, 0.2) is 64.0 Å². The molecular weight excluding hydrogens is 414 g/mol. The van der Waals surface area contributed by atoms with Gasteiger partial charge >= 0.3 is 0 Å². The minimum Gasteiger partial charge on any atom is -0.334 e. The summed E-state index contributed by atoms with van der Waals surface area (Å²) in [6, 6.07) is 9.37. The van der Waals surface area contributed by atoms with Crippen LogP contribution in [-0.2, 0) is 17.9 Å². The van der Waals surface area contributed by atoms with Crippen molar-refractivity contribution in [3.63, 3.8) is 0 Å². The number of rotatable bonds is 7. The van der Waals surface area contributed by atoms with E-state index >= 15 is 0 Å². The van der Waals surface area contributed by atoms with Crippen LogP contribution in [0, 0.1) is 0 Å². The summed E-state index contributed by atoms with van der Waals surface area (Å²) in [5.74, 6) is -0.0143. The van der Waals surface area contributed by atoms with Crippen molar-refractivity contribution in [2.45, 2.75) is 19.5 Å². The summed E-state index contributed by atoms with van der Waals surface area (Å²) in [6.07, 6.45) is 3.45. The highest BCUT2D eigenvalue weighted by molar-refractivity contribution is 9.10. The van der Waals surface area contributed by atoms with Gasteiger partial charge in [0.25, 0.3) is 5.56 Å². The van der Waals surface area contributed by atoms with Gasteiger partial charge in [0.2, 0.25) is 5.91 Å². The predicted octanol–water partition coefficient (Wildman–Crippen LogP) is 3.83. The predicted molar refractivity (Wildman–Crippen MR) is 108 cm³/mol. The van der Waals surface area contributed by atoms with Crippen molar-refractivity contribution >= 4 is 44.1 Å². The van der Waals surface area contributed by atoms with E-state index in [2.05, 4.69) is 27.5 Å². The molecule has 0 radical (unpaired) electrons. The summed E-state index contributed by atoms with van der Waals surface area (Å²) in [4.78, 5) is 32.4. The molecule has 26 heavy (non-hydrogen) atoms. The minimum atomic E-state index is -0.141. The molecule has 0 N–H and O–H groups in total. The number of thiophene rings is 1. The molecule has 3 rings (SSSR count). The highest BCUT2D eigenvalue weighted by Gasteiger charge is 2.14. The number of halogens is 1. The van der Waals surface area contributed by atoms with Crippen LogP contribution in [0.3, 0.4) is 0 Å². The Bertz CT molecular complexity index is 982. The first-order chi connectivity index (χ1) is 12.6. The first-order valence-corrected chi connectivity index (χ1v) is 9.81. The average molecular weight is 432 g/mol. The van der Waals surface area contributed by atoms with Crippen molar-refractivity contribution in [2.75, 3.05) is 6.54 Å². The maximum atomic E-state index is 12.6. The fourth-order valence-electron chi connectivity index (χ4n) is 2.67. The van der Waals surface area contributed by atoms with Gasteiger partial charge < -0.3 is 4.90 Å². The van der Waals surface area contributed by atoms with E-state index in [0.29, 0.717) is 30.5 Å². The van der Waals surface area contributed by atoms with Crippen LogP contribution < -0.4 is 5.56 Å². The lowest BCUT2D eigenvalue weighted by molar-refractivity contribution is -0.131. The van der Waals surface area contributed by atoms with Gasteiger partial charge in [-0.1, -0.05) is 28.1 Å². The molecular formula is C19H18BrN3O2S. The molecule has 0 atom stereocenters. The summed E-state index contributed by atoms with van der Waals surface area (Å²) in [5, 5.41) is 2.53. The van der Waals surface area contributed by atoms with Crippen LogP contribution in [0.1, 0.15) is 11.3 Å². The molecule has 0 saturated carbocycles. The summed E-state index contributed by atoms with van der Waals surface area (Å²) >= 11 is 4.99. The number of amides is 1. The number of hydrogen-bond donors (Lipinski definition) is 0. The van der Waals surface area contributed by atoms with E-state index in [-0.39, 0.29) is 17.9 Å². The number of benzene rings is 1. The molecule has 0 spiro atoms. The fraction of sp³-hybridized carbons (Fsp3) is 0.211. The molecule has 1 amide bonds. The van der Waals surface area contributed by atoms with Crippen LogP contribution in [0.25, 0.3) is 10.9 Å². The third-order valence-corrected chi connectivity index (χ3v) is 5.34. The highest BCUT2D eigenvalue weighted by atomic mass is 79.9. The molecule has 0 bridgehead atoms. The Kier molecular flexibility index (Phi) is 6.00. The van der Waals surface area contributed by atoms with Crippen molar-refractivity contribution < 1.29 is 4.79 Å². The van der Waals surface area contributed by atoms with Crippen LogP contribution in [0.5, 0.6) is 0 Å². The van der Waals surface area contributed by atoms with E-state index in [1.165, 1.54) is 10.9 Å². The molecule has 0 aliphatic heterocycles. The molecule has 3 aromatic rings. The van der Waals surface area contributed by atoms with Crippen LogP contribution in [-0.4, -0.2) is 26.9 Å². The van der Waals surface area contributed by atoms with Crippen molar-refractivity contribution in [3.05, 3.63) is 74.4 Å². The molecule has 2 heterocycles. The summed E-state index contributed by atoms with van der Waals surface area (Å²) in [7, 11) is 0. The molecule has 0 aliphatic carbocycles. The lowest BCUT2D eigenvalue weighted by Crippen LogP contribution is -2.32. The van der Waals surface area contributed by atoms with Crippen molar-refractivity contribution in [3.8, 4) is 0 Å². The minimum absolute atomic E-state index is 0.0143. The number of fused-ring (bicyclic) bond motifs is 1. The van der Waals surface area contributed by atoms with E-state index in [1.807, 2.05) is 23.6 Å². The van der Waals surface area contributed by atoms with Crippen molar-refractivity contribution in [1.29, 1.82) is 0 Å². The number of carbonyl (C=O) groups is 1. The zero-order valence-electron chi connectivity index (χ0n) is 14.1. The van der Waals surface area contributed by atoms with E-state index in [1.54, 1.807) is 34.4 Å². The number of nitrogens with zero attached hydrogens (tertiary/aromatic N) is 3. The molecule has 5 nitrogen and oxygen atoms in total. The second-order valence-electron chi connectivity index (χ2n) is 5.80. The molecule has 7 heteroatoms. The lowest BCUT2D eigenvalue weighted by Gasteiger charge is -2.20. The van der Waals surface area contributed by atoms with Crippen LogP contribution in [0.4, 0.5) is 0 Å². The molecule has 0 aliphatic rings. The van der Waals surface area contributed by atoms with E-state index in [0.717, 1.165) is 9.35 Å². The maximum absolute atomic E-state index is 12.6. The maximum Gasteiger partial charge on any atom is 0.261 e. The van der Waals surface area contributed by atoms with E-state index in [9.17, 15) is 9.59 Å². The zero-order chi connectivity index (χ0) is 18.5. The van der Waals surface area contributed by atoms with Gasteiger partial charge in [-0.25, -0.2) is 4.98 Å². The Labute approximate surface area is 163 Å². The van der Waals surface area contributed by atoms with Crippen molar-refractivity contribution in [1.82, 2.24) is 14.5 Å². The van der Waals surface area contributed by atoms with Gasteiger partial charge in [-0.3, -0.25) is 14.2 Å². The molecule has 0 unspecified atom stereocenters. The van der Waals surface area contributed by atoms with E-state index < -0.39 is 0 Å². The third kappa shape index (κ3) is 4.28. The smallest absolute Gasteiger partial charge is 0.261 e. The lowest BCUT2D eigenvalue weighted by atomic mass is 10.2. The van der Waals surface area contributed by atoms with Crippen LogP contribution in [0.2, 0.25) is 0 Å². The fourth-order valence-corrected chi connectivity index (χ4v) is 3.75. The van der Waals surface area contributed by atoms with Crippen molar-refractivity contribution in [2.24, 2.45) is 0 Å². The Balaban J connectivity index is 1.73. The Morgan fingerprint density at radius 3 is 2.96 bits per heavy atom. The first kappa shape index (κ1) is 18.5. The largest absolute Gasteiger partial charge is 0.334 e. The van der Waals surface area contributed by atoms with Gasteiger partial charge in [0.05, 0.1) is 23.8 Å². The first-order valence-electron chi connectivity index (χ1n) is 8.14. The van der Waals surface area contributed by atoms with Crippen LogP contribution >= 0.6 is 27.3 Å². The average Bonchev–Trinajstić information content (AvgIpc) is 3.14. The number of hydrogen-bond acceptors (Lipinski definition) is 4. The standard InChI is InChI=1S/C19H18BrN3O2S/c1-2-8-22(12-15-4-3-10-26-15)18(24)7-9-23-13-21-17-6-5-14(20)11-16(17)19(23)25/h2-6,10-11,13H,1,7-9,12H2. The summed E-state index contributed by atoms with van der Waals surface area (Å²) < 4.78 is 2.31. The van der Waals surface area contributed by atoms with Gasteiger partial charge in [0.15, 0.2) is 0 Å². The zero-order valence-corrected chi connectivity index (χ0v) is 16.5. The molecule has 1 aromatic carbocycles. The molecule has 0 fully saturated rings. The second-order valence-corrected chi connectivity index (χ2v) is 7.74. The van der Waals surface area contributed by atoms with Gasteiger partial charge in [-0.15, -0.1) is 17.9 Å². The van der Waals surface area contributed by atoms with Gasteiger partial charge in [0, 0.05) is 28.9 Å². The molecule has 134 valence electrons. The Hall–Kier alpha value is -2.25. The molecule has 2 aromatic heterocycles. The number of aromatic nitrogens is 2. The Morgan fingerprint density at radius 1 is 1.38 bits per heavy atom. The monoisotopic (exact) mass is 431 g/mol. The van der Waals surface area contributed by atoms with Gasteiger partial charge in [-0.05, 0) is 29.6 Å². The normalized spacial score (nSPS) is 10.8. The topological polar surface area (TPSA) is 55.2 Å². The Morgan fingerprint density at radius 2 is 2.23 bits per heavy atom. The van der Waals surface area contributed by atoms with E-state index in [4.69, 9.17) is 0 Å². The summed E-state index contributed by atoms with van der Waals surface area (Å²) in [6.45, 7) is 5.06. The van der Waals surface area contributed by atoms with Gasteiger partial charge in [0.1, 0.15) is 0 Å². The molecule has 0 saturated heterocycles. The second kappa shape index (κ2) is 8.42. The van der Waals surface area contributed by atoms with Gasteiger partial charge in [-0.2, -0.15) is 0 Å². The highest BCUT2D eigenvalue weighted by Crippen LogP contribution is 2.15. The number of aryl methyl sites for hydroxylation is 1. The summed E-state index contributed by atoms with van der Waals surface area (Å²) in [5.41, 5.74) is 0.504. The number of carbonyl (C=O) groups excluding carboxylic acids is 1.